The molecule has 7 nitrogen and oxygen atoms in total. The van der Waals surface area contributed by atoms with Crippen molar-refractivity contribution >= 4 is 11.9 Å². The lowest BCUT2D eigenvalue weighted by Crippen LogP contribution is -2.14. The van der Waals surface area contributed by atoms with Crippen molar-refractivity contribution in [2.75, 3.05) is 21.3 Å². The summed E-state index contributed by atoms with van der Waals surface area (Å²) in [6.45, 7) is 0. The summed E-state index contributed by atoms with van der Waals surface area (Å²) in [5, 5.41) is 0. The van der Waals surface area contributed by atoms with Crippen molar-refractivity contribution in [2.24, 2.45) is 10.7 Å². The van der Waals surface area contributed by atoms with Crippen molar-refractivity contribution in [3.05, 3.63) is 17.7 Å². The number of benzene rings is 1. The Balaban J connectivity index is 2.45. The van der Waals surface area contributed by atoms with Gasteiger partial charge in [0.25, 0.3) is 11.9 Å². The highest BCUT2D eigenvalue weighted by molar-refractivity contribution is 5.98. The molecule has 1 heterocycles. The number of hydrogen-bond donors (Lipinski definition) is 1. The number of carbonyl (C=O) groups is 1. The molecule has 0 spiro atoms. The molecule has 2 rings (SSSR count). The second-order valence-electron chi connectivity index (χ2n) is 3.74. The Kier molecular flexibility index (Phi) is 3.46. The van der Waals surface area contributed by atoms with Gasteiger partial charge in [0.15, 0.2) is 11.5 Å². The van der Waals surface area contributed by atoms with Crippen LogP contribution < -0.4 is 19.9 Å². The number of amides is 1. The molecule has 0 fully saturated rings. The van der Waals surface area contributed by atoms with Crippen molar-refractivity contribution in [2.45, 2.75) is 6.10 Å². The Morgan fingerprint density at radius 2 is 1.74 bits per heavy atom. The number of nitrogens with two attached hydrogens (primary N) is 1. The lowest BCUT2D eigenvalue weighted by molar-refractivity contribution is -0.122. The summed E-state index contributed by atoms with van der Waals surface area (Å²) in [6.07, 6.45) is -0.881. The van der Waals surface area contributed by atoms with E-state index >= 15 is 0 Å². The molecule has 1 aliphatic heterocycles. The molecule has 1 aromatic rings. The SMILES string of the molecule is COc1cc(C2OC(N)=NC2=O)cc(OC)c1OC. The van der Waals surface area contributed by atoms with Gasteiger partial charge in [0, 0.05) is 5.56 Å². The van der Waals surface area contributed by atoms with Gasteiger partial charge < -0.3 is 24.7 Å². The minimum Gasteiger partial charge on any atom is -0.493 e. The fraction of sp³-hybridized carbons (Fsp3) is 0.333. The van der Waals surface area contributed by atoms with Crippen molar-refractivity contribution in [1.82, 2.24) is 0 Å². The summed E-state index contributed by atoms with van der Waals surface area (Å²) in [7, 11) is 4.48. The first kappa shape index (κ1) is 13.0. The van der Waals surface area contributed by atoms with E-state index in [-0.39, 0.29) is 6.02 Å². The molecule has 0 aliphatic carbocycles. The first-order chi connectivity index (χ1) is 9.10. The maximum atomic E-state index is 11.6. The molecular weight excluding hydrogens is 252 g/mol. The van der Waals surface area contributed by atoms with Crippen LogP contribution >= 0.6 is 0 Å². The Morgan fingerprint density at radius 3 is 2.11 bits per heavy atom. The number of ether oxygens (including phenoxy) is 4. The minimum absolute atomic E-state index is 0.149. The van der Waals surface area contributed by atoms with E-state index in [9.17, 15) is 4.79 Å². The minimum atomic E-state index is -0.881. The van der Waals surface area contributed by atoms with E-state index in [0.29, 0.717) is 22.8 Å². The maximum absolute atomic E-state index is 11.6. The molecule has 7 heteroatoms. The molecule has 0 saturated heterocycles. The van der Waals surface area contributed by atoms with Crippen LogP contribution in [0.2, 0.25) is 0 Å². The first-order valence-corrected chi connectivity index (χ1v) is 5.45. The van der Waals surface area contributed by atoms with Gasteiger partial charge in [-0.3, -0.25) is 4.79 Å². The Labute approximate surface area is 109 Å². The lowest BCUT2D eigenvalue weighted by Gasteiger charge is -2.16. The molecule has 102 valence electrons. The average Bonchev–Trinajstić information content (AvgIpc) is 2.75. The van der Waals surface area contributed by atoms with Gasteiger partial charge in [0.2, 0.25) is 11.9 Å². The fourth-order valence-electron chi connectivity index (χ4n) is 1.83. The van der Waals surface area contributed by atoms with Gasteiger partial charge in [-0.1, -0.05) is 0 Å². The lowest BCUT2D eigenvalue weighted by atomic mass is 10.1. The third kappa shape index (κ3) is 2.26. The average molecular weight is 266 g/mol. The van der Waals surface area contributed by atoms with Crippen molar-refractivity contribution in [1.29, 1.82) is 0 Å². The van der Waals surface area contributed by atoms with Crippen LogP contribution in [-0.4, -0.2) is 33.3 Å². The smallest absolute Gasteiger partial charge is 0.296 e. The van der Waals surface area contributed by atoms with E-state index in [1.54, 1.807) is 12.1 Å². The highest BCUT2D eigenvalue weighted by Crippen LogP contribution is 2.40. The van der Waals surface area contributed by atoms with Gasteiger partial charge in [-0.15, -0.1) is 0 Å². The molecule has 1 aliphatic rings. The monoisotopic (exact) mass is 266 g/mol. The second kappa shape index (κ2) is 5.05. The highest BCUT2D eigenvalue weighted by atomic mass is 16.5. The van der Waals surface area contributed by atoms with Crippen LogP contribution in [0, 0.1) is 0 Å². The molecule has 0 aromatic heterocycles. The Morgan fingerprint density at radius 1 is 1.16 bits per heavy atom. The third-order valence-electron chi connectivity index (χ3n) is 2.67. The van der Waals surface area contributed by atoms with Crippen LogP contribution in [0.5, 0.6) is 17.2 Å². The first-order valence-electron chi connectivity index (χ1n) is 5.45. The van der Waals surface area contributed by atoms with Crippen LogP contribution in [0.25, 0.3) is 0 Å². The number of hydrogen-bond acceptors (Lipinski definition) is 6. The summed E-state index contributed by atoms with van der Waals surface area (Å²) in [5.41, 5.74) is 5.90. The van der Waals surface area contributed by atoms with Gasteiger partial charge in [-0.25, -0.2) is 0 Å². The van der Waals surface area contributed by atoms with Crippen molar-refractivity contribution in [3.63, 3.8) is 0 Å². The number of nitrogens with zero attached hydrogens (tertiary/aromatic N) is 1. The van der Waals surface area contributed by atoms with E-state index in [0.717, 1.165) is 0 Å². The predicted molar refractivity (Wildman–Crippen MR) is 66.6 cm³/mol. The normalized spacial score (nSPS) is 17.7. The Bertz CT molecular complexity index is 516. The summed E-state index contributed by atoms with van der Waals surface area (Å²) in [4.78, 5) is 15.2. The van der Waals surface area contributed by atoms with E-state index in [1.165, 1.54) is 21.3 Å². The molecule has 19 heavy (non-hydrogen) atoms. The molecule has 1 atom stereocenters. The van der Waals surface area contributed by atoms with Crippen molar-refractivity contribution in [3.8, 4) is 17.2 Å². The predicted octanol–water partition coefficient (Wildman–Crippen LogP) is 0.625. The Hall–Kier alpha value is -2.44. The van der Waals surface area contributed by atoms with E-state index in [4.69, 9.17) is 24.7 Å². The topological polar surface area (TPSA) is 92.4 Å². The number of rotatable bonds is 4. The summed E-state index contributed by atoms with van der Waals surface area (Å²) in [6, 6.07) is 3.10. The maximum Gasteiger partial charge on any atom is 0.296 e. The number of carbonyl (C=O) groups excluding carboxylic acids is 1. The van der Waals surface area contributed by atoms with Crippen LogP contribution in [0.4, 0.5) is 0 Å². The zero-order valence-corrected chi connectivity index (χ0v) is 10.8. The van der Waals surface area contributed by atoms with Crippen molar-refractivity contribution < 1.29 is 23.7 Å². The van der Waals surface area contributed by atoms with Crippen LogP contribution in [-0.2, 0) is 9.53 Å². The molecule has 1 aromatic carbocycles. The third-order valence-corrected chi connectivity index (χ3v) is 2.67. The second-order valence-corrected chi connectivity index (χ2v) is 3.74. The standard InChI is InChI=1S/C12H14N2O5/c1-16-7-4-6(5-8(17-2)10(7)18-3)9-11(15)14-12(13)19-9/h4-5,9H,1-3H3,(H2,13,14,15). The zero-order valence-electron chi connectivity index (χ0n) is 10.8. The molecule has 0 bridgehead atoms. The molecule has 0 radical (unpaired) electrons. The van der Waals surface area contributed by atoms with Crippen LogP contribution in [0.15, 0.2) is 17.1 Å². The van der Waals surface area contributed by atoms with Gasteiger partial charge >= 0.3 is 0 Å². The van der Waals surface area contributed by atoms with E-state index < -0.39 is 12.0 Å². The van der Waals surface area contributed by atoms with Gasteiger partial charge in [-0.05, 0) is 12.1 Å². The number of aliphatic imine (C=N–C) groups is 1. The summed E-state index contributed by atoms with van der Waals surface area (Å²) >= 11 is 0. The van der Waals surface area contributed by atoms with E-state index in [2.05, 4.69) is 4.99 Å². The van der Waals surface area contributed by atoms with Crippen LogP contribution in [0.1, 0.15) is 11.7 Å². The van der Waals surface area contributed by atoms with Gasteiger partial charge in [0.1, 0.15) is 0 Å². The molecule has 1 amide bonds. The summed E-state index contributed by atoms with van der Waals surface area (Å²) in [5.74, 6) is 0.831. The van der Waals surface area contributed by atoms with E-state index in [1.807, 2.05) is 0 Å². The number of amidine groups is 1. The molecule has 0 saturated carbocycles. The van der Waals surface area contributed by atoms with Crippen LogP contribution in [0.3, 0.4) is 0 Å². The molecular formula is C12H14N2O5. The fourth-order valence-corrected chi connectivity index (χ4v) is 1.83. The highest BCUT2D eigenvalue weighted by Gasteiger charge is 2.31. The van der Waals surface area contributed by atoms with Gasteiger partial charge in [-0.2, -0.15) is 4.99 Å². The quantitative estimate of drug-likeness (QED) is 0.859. The van der Waals surface area contributed by atoms with Gasteiger partial charge in [0.05, 0.1) is 21.3 Å². The summed E-state index contributed by atoms with van der Waals surface area (Å²) < 4.78 is 20.8. The molecule has 2 N–H and O–H groups in total. The zero-order chi connectivity index (χ0) is 14.0. The molecule has 1 unspecified atom stereocenters. The number of methoxy groups -OCH3 is 3. The largest absolute Gasteiger partial charge is 0.493 e.